The first-order valence-corrected chi connectivity index (χ1v) is 14.1. The van der Waals surface area contributed by atoms with Crippen LogP contribution in [0.25, 0.3) is 5.76 Å². The van der Waals surface area contributed by atoms with E-state index in [0.717, 1.165) is 23.4 Å². The van der Waals surface area contributed by atoms with Crippen molar-refractivity contribution in [3.8, 4) is 0 Å². The van der Waals surface area contributed by atoms with Gasteiger partial charge in [-0.05, 0) is 81.6 Å². The van der Waals surface area contributed by atoms with E-state index in [1.165, 1.54) is 65.6 Å². The highest BCUT2D eigenvalue weighted by molar-refractivity contribution is 7.12. The molecule has 3 nitrogen and oxygen atoms in total. The number of thiazole rings is 1. The van der Waals surface area contributed by atoms with Gasteiger partial charge in [0.05, 0.1) is 22.7 Å². The summed E-state index contributed by atoms with van der Waals surface area (Å²) >= 11 is 1.80. The van der Waals surface area contributed by atoms with E-state index in [9.17, 15) is 4.39 Å². The molecule has 0 spiro atoms. The molecule has 1 aromatic heterocycles. The van der Waals surface area contributed by atoms with E-state index < -0.39 is 0 Å². The third kappa shape index (κ3) is 9.57. The Labute approximate surface area is 222 Å². The molecule has 1 aliphatic rings. The second kappa shape index (κ2) is 15.0. The molecule has 0 amide bonds. The zero-order valence-corrected chi connectivity index (χ0v) is 24.2. The van der Waals surface area contributed by atoms with E-state index >= 15 is 0 Å². The number of ether oxygens (including phenoxy) is 1. The highest BCUT2D eigenvalue weighted by atomic mass is 32.1. The fourth-order valence-electron chi connectivity index (χ4n) is 4.12. The Morgan fingerprint density at radius 3 is 2.56 bits per heavy atom. The Hall–Kier alpha value is -2.40. The molecule has 2 aromatic rings. The first-order chi connectivity index (χ1) is 17.2. The van der Waals surface area contributed by atoms with Crippen molar-refractivity contribution in [2.24, 2.45) is 11.8 Å². The number of aromatic nitrogens is 1. The predicted octanol–water partition coefficient (Wildman–Crippen LogP) is 9.72. The molecule has 0 aliphatic heterocycles. The summed E-state index contributed by atoms with van der Waals surface area (Å²) in [5.74, 6) is 2.16. The fraction of sp³-hybridized carbons (Fsp3) is 0.516. The van der Waals surface area contributed by atoms with E-state index in [2.05, 4.69) is 50.7 Å². The van der Waals surface area contributed by atoms with Crippen LogP contribution in [0.3, 0.4) is 0 Å². The van der Waals surface area contributed by atoms with Gasteiger partial charge in [-0.15, -0.1) is 11.3 Å². The largest absolute Gasteiger partial charge is 0.495 e. The van der Waals surface area contributed by atoms with Gasteiger partial charge in [-0.25, -0.2) is 9.37 Å². The minimum absolute atomic E-state index is 0.238. The molecule has 1 N–H and O–H groups in total. The van der Waals surface area contributed by atoms with Gasteiger partial charge in [-0.1, -0.05) is 52.3 Å². The maximum absolute atomic E-state index is 13.1. The van der Waals surface area contributed by atoms with Crippen molar-refractivity contribution in [1.82, 2.24) is 4.98 Å². The Bertz CT molecular complexity index is 1050. The number of nitrogens with zero attached hydrogens (tertiary/aromatic N) is 1. The van der Waals surface area contributed by atoms with E-state index in [4.69, 9.17) is 4.74 Å². The lowest BCUT2D eigenvalue weighted by molar-refractivity contribution is 0.366. The minimum atomic E-state index is -0.238. The molecular weight excluding hydrogens is 467 g/mol. The number of halogens is 1. The third-order valence-corrected chi connectivity index (χ3v) is 7.03. The van der Waals surface area contributed by atoms with Crippen LogP contribution in [-0.2, 0) is 11.2 Å². The Balaban J connectivity index is 0.000000319. The first-order valence-electron chi connectivity index (χ1n) is 13.3. The number of unbranched alkanes of at least 4 members (excludes halogenated alkanes) is 2. The van der Waals surface area contributed by atoms with Gasteiger partial charge < -0.3 is 10.1 Å². The van der Waals surface area contributed by atoms with Gasteiger partial charge in [0.2, 0.25) is 0 Å². The van der Waals surface area contributed by atoms with Crippen molar-refractivity contribution in [2.75, 3.05) is 12.4 Å². The summed E-state index contributed by atoms with van der Waals surface area (Å²) in [6.45, 7) is 16.2. The van der Waals surface area contributed by atoms with Crippen LogP contribution < -0.4 is 5.32 Å². The Morgan fingerprint density at radius 1 is 1.31 bits per heavy atom. The average Bonchev–Trinajstić information content (AvgIpc) is 3.56. The Kier molecular flexibility index (Phi) is 12.4. The maximum atomic E-state index is 13.1. The number of methoxy groups -OCH3 is 1. The summed E-state index contributed by atoms with van der Waals surface area (Å²) < 4.78 is 19.0. The SMILES string of the molecule is C/C=C(CCCCC)/C(=C(\OC)c1cnc(CC(C)C)s1)C1CC1.C=C(C)Nc1ccc(C)cc1F. The average molecular weight is 513 g/mol. The quantitative estimate of drug-likeness (QED) is 0.175. The van der Waals surface area contributed by atoms with Crippen LogP contribution in [0.15, 0.2) is 53.9 Å². The molecule has 1 heterocycles. The molecule has 1 aromatic carbocycles. The molecule has 1 fully saturated rings. The van der Waals surface area contributed by atoms with Crippen molar-refractivity contribution in [3.63, 3.8) is 0 Å². The summed E-state index contributed by atoms with van der Waals surface area (Å²) in [4.78, 5) is 5.83. The Morgan fingerprint density at radius 2 is 2.03 bits per heavy atom. The summed E-state index contributed by atoms with van der Waals surface area (Å²) in [6, 6.07) is 5.05. The van der Waals surface area contributed by atoms with E-state index in [0.29, 0.717) is 17.5 Å². The van der Waals surface area contributed by atoms with E-state index in [1.54, 1.807) is 24.3 Å². The molecule has 0 radical (unpaired) electrons. The van der Waals surface area contributed by atoms with Crippen molar-refractivity contribution in [3.05, 3.63) is 75.2 Å². The number of anilines is 1. The zero-order chi connectivity index (χ0) is 26.7. The van der Waals surface area contributed by atoms with Gasteiger partial charge in [-0.2, -0.15) is 0 Å². The molecule has 36 heavy (non-hydrogen) atoms. The normalized spacial score (nSPS) is 14.2. The van der Waals surface area contributed by atoms with Crippen LogP contribution in [0, 0.1) is 24.6 Å². The van der Waals surface area contributed by atoms with E-state index in [1.807, 2.05) is 26.3 Å². The van der Waals surface area contributed by atoms with Gasteiger partial charge in [0, 0.05) is 23.9 Å². The molecule has 0 unspecified atom stereocenters. The molecule has 3 rings (SSSR count). The molecule has 5 heteroatoms. The molecule has 0 saturated heterocycles. The summed E-state index contributed by atoms with van der Waals surface area (Å²) in [5.41, 5.74) is 5.07. The lowest BCUT2D eigenvalue weighted by Gasteiger charge is -2.16. The lowest BCUT2D eigenvalue weighted by Crippen LogP contribution is -2.00. The van der Waals surface area contributed by atoms with Gasteiger partial charge >= 0.3 is 0 Å². The zero-order valence-electron chi connectivity index (χ0n) is 23.3. The highest BCUT2D eigenvalue weighted by Gasteiger charge is 2.32. The van der Waals surface area contributed by atoms with Crippen LogP contribution in [0.2, 0.25) is 0 Å². The fourth-order valence-corrected chi connectivity index (χ4v) is 5.29. The predicted molar refractivity (Wildman–Crippen MR) is 155 cm³/mol. The topological polar surface area (TPSA) is 34.1 Å². The van der Waals surface area contributed by atoms with Gasteiger partial charge in [0.1, 0.15) is 11.6 Å². The summed E-state index contributed by atoms with van der Waals surface area (Å²) in [7, 11) is 1.82. The third-order valence-electron chi connectivity index (χ3n) is 6.01. The monoisotopic (exact) mass is 512 g/mol. The standard InChI is InChI=1S/C21H33NOS.C10H12FN/c1-6-8-9-10-16(7-2)20(17-11-12-17)21(23-5)18-14-22-19(24-18)13-15(3)4;1-7(2)12-10-5-4-8(3)6-9(10)11/h7,14-15,17H,6,8-13H2,1-5H3;4-6,12H,1H2,2-3H3/b16-7+,21-20+;. The second-order valence-corrected chi connectivity index (χ2v) is 11.2. The van der Waals surface area contributed by atoms with Gasteiger partial charge in [-0.3, -0.25) is 0 Å². The van der Waals surface area contributed by atoms with Crippen LogP contribution in [0.1, 0.15) is 88.6 Å². The summed E-state index contributed by atoms with van der Waals surface area (Å²) in [5, 5.41) is 4.05. The van der Waals surface area contributed by atoms with Crippen LogP contribution >= 0.6 is 11.3 Å². The van der Waals surface area contributed by atoms with Crippen molar-refractivity contribution in [1.29, 1.82) is 0 Å². The number of hydrogen-bond acceptors (Lipinski definition) is 4. The molecular formula is C31H45FN2OS. The number of benzene rings is 1. The number of allylic oxidation sites excluding steroid dienone is 4. The molecule has 1 saturated carbocycles. The molecule has 1 aliphatic carbocycles. The number of rotatable bonds is 12. The first kappa shape index (κ1) is 29.8. The highest BCUT2D eigenvalue weighted by Crippen LogP contribution is 2.46. The van der Waals surface area contributed by atoms with Crippen LogP contribution in [-0.4, -0.2) is 12.1 Å². The van der Waals surface area contributed by atoms with Crippen molar-refractivity contribution in [2.45, 2.75) is 86.5 Å². The molecule has 0 bridgehead atoms. The van der Waals surface area contributed by atoms with Gasteiger partial charge in [0.15, 0.2) is 0 Å². The molecule has 198 valence electrons. The lowest BCUT2D eigenvalue weighted by atomic mass is 9.94. The van der Waals surface area contributed by atoms with Gasteiger partial charge in [0.25, 0.3) is 0 Å². The molecule has 0 atom stereocenters. The maximum Gasteiger partial charge on any atom is 0.146 e. The number of nitrogens with one attached hydrogen (secondary N) is 1. The smallest absolute Gasteiger partial charge is 0.146 e. The number of hydrogen-bond donors (Lipinski definition) is 1. The van der Waals surface area contributed by atoms with Crippen LogP contribution in [0.4, 0.5) is 10.1 Å². The summed E-state index contributed by atoms with van der Waals surface area (Å²) in [6.07, 6.45) is 13.0. The number of aryl methyl sites for hydroxylation is 1. The van der Waals surface area contributed by atoms with Crippen LogP contribution in [0.5, 0.6) is 0 Å². The van der Waals surface area contributed by atoms with E-state index in [-0.39, 0.29) is 5.82 Å². The second-order valence-electron chi connectivity index (χ2n) is 10.1. The van der Waals surface area contributed by atoms with Crippen molar-refractivity contribution < 1.29 is 9.13 Å². The van der Waals surface area contributed by atoms with Crippen molar-refractivity contribution >= 4 is 22.8 Å². The minimum Gasteiger partial charge on any atom is -0.495 e.